The Bertz CT molecular complexity index is 946. The molecule has 176 valence electrons. The van der Waals surface area contributed by atoms with Crippen LogP contribution in [-0.4, -0.2) is 53.8 Å². The first-order valence-corrected chi connectivity index (χ1v) is 11.4. The summed E-state index contributed by atoms with van der Waals surface area (Å²) in [7, 11) is 0. The van der Waals surface area contributed by atoms with Crippen molar-refractivity contribution >= 4 is 35.3 Å². The van der Waals surface area contributed by atoms with E-state index in [-0.39, 0.29) is 35.5 Å². The van der Waals surface area contributed by atoms with E-state index in [1.54, 1.807) is 12.1 Å². The number of rotatable bonds is 8. The molecule has 2 aliphatic carbocycles. The molecule has 33 heavy (non-hydrogen) atoms. The number of carbonyl (C=O) groups excluding carboxylic acids is 5. The van der Waals surface area contributed by atoms with Crippen LogP contribution in [0.5, 0.6) is 0 Å². The third-order valence-electron chi connectivity index (χ3n) is 6.88. The second-order valence-electron chi connectivity index (χ2n) is 8.98. The van der Waals surface area contributed by atoms with Crippen molar-refractivity contribution in [2.75, 3.05) is 18.5 Å². The van der Waals surface area contributed by atoms with Gasteiger partial charge in [0.15, 0.2) is 6.61 Å². The van der Waals surface area contributed by atoms with Crippen molar-refractivity contribution < 1.29 is 33.4 Å². The SMILES string of the molecule is CCCOC(=O)c1ccc(NC(=O)COC(=O)[C@H](C)N2C(=O)[C@H]3[C@H]4CC[C@@H](C4)[C@@H]3C2=O)cc1. The molecule has 2 bridgehead atoms. The Kier molecular flexibility index (Phi) is 6.49. The van der Waals surface area contributed by atoms with Crippen LogP contribution in [0.25, 0.3) is 0 Å². The Labute approximate surface area is 191 Å². The fraction of sp³-hybridized carbons (Fsp3) is 0.542. The highest BCUT2D eigenvalue weighted by molar-refractivity contribution is 6.08. The standard InChI is InChI=1S/C24H28N2O7/c1-3-10-32-24(31)14-6-8-17(9-7-14)25-18(27)12-33-23(30)13(2)26-21(28)19-15-4-5-16(11-15)20(19)22(26)29/h6-9,13,15-16,19-20H,3-5,10-12H2,1-2H3,(H,25,27)/t13-,15-,16-,19-,20-/m0/s1. The highest BCUT2D eigenvalue weighted by Gasteiger charge is 2.62. The first-order chi connectivity index (χ1) is 15.8. The summed E-state index contributed by atoms with van der Waals surface area (Å²) in [6.07, 6.45) is 3.55. The van der Waals surface area contributed by atoms with Gasteiger partial charge in [0.05, 0.1) is 24.0 Å². The van der Waals surface area contributed by atoms with Crippen molar-refractivity contribution in [1.82, 2.24) is 4.90 Å². The van der Waals surface area contributed by atoms with E-state index in [0.717, 1.165) is 30.6 Å². The number of likely N-dealkylation sites (tertiary alicyclic amines) is 1. The molecule has 9 nitrogen and oxygen atoms in total. The zero-order valence-electron chi connectivity index (χ0n) is 18.7. The van der Waals surface area contributed by atoms with E-state index in [0.29, 0.717) is 17.9 Å². The van der Waals surface area contributed by atoms with Crippen molar-refractivity contribution in [2.45, 2.75) is 45.6 Å². The van der Waals surface area contributed by atoms with Gasteiger partial charge in [0, 0.05) is 5.69 Å². The topological polar surface area (TPSA) is 119 Å². The predicted molar refractivity (Wildman–Crippen MR) is 116 cm³/mol. The monoisotopic (exact) mass is 456 g/mol. The molecule has 0 aromatic heterocycles. The summed E-state index contributed by atoms with van der Waals surface area (Å²) in [4.78, 5) is 63.2. The van der Waals surface area contributed by atoms with Gasteiger partial charge in [-0.15, -0.1) is 0 Å². The zero-order valence-corrected chi connectivity index (χ0v) is 18.7. The molecule has 0 spiro atoms. The van der Waals surface area contributed by atoms with Crippen LogP contribution >= 0.6 is 0 Å². The summed E-state index contributed by atoms with van der Waals surface area (Å²) in [6, 6.07) is 5.06. The number of nitrogens with one attached hydrogen (secondary N) is 1. The molecule has 1 saturated heterocycles. The van der Waals surface area contributed by atoms with E-state index in [1.807, 2.05) is 6.92 Å². The Morgan fingerprint density at radius 1 is 1.03 bits per heavy atom. The molecule has 3 fully saturated rings. The lowest BCUT2D eigenvalue weighted by Gasteiger charge is -2.23. The summed E-state index contributed by atoms with van der Waals surface area (Å²) in [5.41, 5.74) is 0.782. The maximum absolute atomic E-state index is 12.8. The fourth-order valence-corrected chi connectivity index (χ4v) is 5.34. The molecule has 9 heteroatoms. The maximum atomic E-state index is 12.8. The number of nitrogens with zero attached hydrogens (tertiary/aromatic N) is 1. The number of imide groups is 1. The normalized spacial score (nSPS) is 26.2. The van der Waals surface area contributed by atoms with Crippen LogP contribution in [0.3, 0.4) is 0 Å². The average Bonchev–Trinajstić information content (AvgIpc) is 3.49. The van der Waals surface area contributed by atoms with Gasteiger partial charge in [-0.25, -0.2) is 9.59 Å². The molecule has 1 N–H and O–H groups in total. The first kappa shape index (κ1) is 22.9. The van der Waals surface area contributed by atoms with Crippen LogP contribution in [0, 0.1) is 23.7 Å². The van der Waals surface area contributed by atoms with E-state index in [4.69, 9.17) is 9.47 Å². The Morgan fingerprint density at radius 3 is 2.21 bits per heavy atom. The molecule has 0 radical (unpaired) electrons. The molecular formula is C24H28N2O7. The molecule has 1 heterocycles. The number of hydrogen-bond acceptors (Lipinski definition) is 7. The molecule has 5 atom stereocenters. The fourth-order valence-electron chi connectivity index (χ4n) is 5.34. The van der Waals surface area contributed by atoms with Gasteiger partial charge in [0.1, 0.15) is 6.04 Å². The lowest BCUT2D eigenvalue weighted by molar-refractivity contribution is -0.159. The van der Waals surface area contributed by atoms with Crippen LogP contribution in [0.1, 0.15) is 49.9 Å². The second-order valence-corrected chi connectivity index (χ2v) is 8.98. The molecule has 3 aliphatic rings. The van der Waals surface area contributed by atoms with Gasteiger partial charge in [-0.05, 0) is 68.7 Å². The summed E-state index contributed by atoms with van der Waals surface area (Å²) in [5, 5.41) is 2.57. The number of ether oxygens (including phenoxy) is 2. The van der Waals surface area contributed by atoms with Gasteiger partial charge in [-0.3, -0.25) is 19.3 Å². The van der Waals surface area contributed by atoms with E-state index in [2.05, 4.69) is 5.32 Å². The van der Waals surface area contributed by atoms with Gasteiger partial charge in [0.25, 0.3) is 5.91 Å². The van der Waals surface area contributed by atoms with Crippen LogP contribution < -0.4 is 5.32 Å². The molecule has 3 amide bonds. The van der Waals surface area contributed by atoms with Crippen molar-refractivity contribution in [3.05, 3.63) is 29.8 Å². The van der Waals surface area contributed by atoms with Gasteiger partial charge < -0.3 is 14.8 Å². The first-order valence-electron chi connectivity index (χ1n) is 11.4. The number of anilines is 1. The highest BCUT2D eigenvalue weighted by atomic mass is 16.5. The van der Waals surface area contributed by atoms with Crippen molar-refractivity contribution in [3.8, 4) is 0 Å². The number of fused-ring (bicyclic) bond motifs is 5. The van der Waals surface area contributed by atoms with E-state index in [1.165, 1.54) is 19.1 Å². The van der Waals surface area contributed by atoms with E-state index in [9.17, 15) is 24.0 Å². The Hall–Kier alpha value is -3.23. The minimum Gasteiger partial charge on any atom is -0.462 e. The largest absolute Gasteiger partial charge is 0.462 e. The zero-order chi connectivity index (χ0) is 23.7. The van der Waals surface area contributed by atoms with Crippen LogP contribution in [0.15, 0.2) is 24.3 Å². The quantitative estimate of drug-likeness (QED) is 0.470. The molecule has 0 unspecified atom stereocenters. The summed E-state index contributed by atoms with van der Waals surface area (Å²) < 4.78 is 10.1. The minimum atomic E-state index is -1.07. The lowest BCUT2D eigenvalue weighted by atomic mass is 9.81. The molecular weight excluding hydrogens is 428 g/mol. The van der Waals surface area contributed by atoms with E-state index >= 15 is 0 Å². The summed E-state index contributed by atoms with van der Waals surface area (Å²) in [6.45, 7) is 3.13. The van der Waals surface area contributed by atoms with E-state index < -0.39 is 30.5 Å². The van der Waals surface area contributed by atoms with Crippen molar-refractivity contribution in [3.63, 3.8) is 0 Å². The number of carbonyl (C=O) groups is 5. The summed E-state index contributed by atoms with van der Waals surface area (Å²) >= 11 is 0. The Balaban J connectivity index is 1.27. The van der Waals surface area contributed by atoms with Crippen LogP contribution in [-0.2, 0) is 28.7 Å². The second kappa shape index (κ2) is 9.33. The third kappa shape index (κ3) is 4.36. The van der Waals surface area contributed by atoms with Crippen molar-refractivity contribution in [1.29, 1.82) is 0 Å². The molecule has 2 saturated carbocycles. The number of benzene rings is 1. The number of hydrogen-bond donors (Lipinski definition) is 1. The van der Waals surface area contributed by atoms with Gasteiger partial charge in [-0.1, -0.05) is 6.92 Å². The summed E-state index contributed by atoms with van der Waals surface area (Å²) in [5.74, 6) is -2.55. The van der Waals surface area contributed by atoms with Crippen molar-refractivity contribution in [2.24, 2.45) is 23.7 Å². The van der Waals surface area contributed by atoms with Gasteiger partial charge in [-0.2, -0.15) is 0 Å². The molecule has 1 aliphatic heterocycles. The molecule has 1 aromatic carbocycles. The number of amides is 3. The maximum Gasteiger partial charge on any atom is 0.338 e. The number of esters is 2. The molecule has 1 aromatic rings. The average molecular weight is 456 g/mol. The van der Waals surface area contributed by atoms with Gasteiger partial charge >= 0.3 is 11.9 Å². The smallest absolute Gasteiger partial charge is 0.338 e. The molecule has 4 rings (SSSR count). The van der Waals surface area contributed by atoms with Gasteiger partial charge in [0.2, 0.25) is 11.8 Å². The third-order valence-corrected chi connectivity index (χ3v) is 6.88. The van der Waals surface area contributed by atoms with Crippen LogP contribution in [0.2, 0.25) is 0 Å². The predicted octanol–water partition coefficient (Wildman–Crippen LogP) is 2.15. The highest BCUT2D eigenvalue weighted by Crippen LogP contribution is 2.56. The lowest BCUT2D eigenvalue weighted by Crippen LogP contribution is -2.45. The van der Waals surface area contributed by atoms with Crippen LogP contribution in [0.4, 0.5) is 5.69 Å². The minimum absolute atomic E-state index is 0.232. The Morgan fingerprint density at radius 2 is 1.64 bits per heavy atom.